The zero-order valence-corrected chi connectivity index (χ0v) is 21.8. The zero-order chi connectivity index (χ0) is 21.0. The van der Waals surface area contributed by atoms with Crippen LogP contribution in [0.4, 0.5) is 0 Å². The van der Waals surface area contributed by atoms with Crippen molar-refractivity contribution < 1.29 is 55.5 Å². The minimum Gasteiger partial charge on any atom is -1.00 e. The van der Waals surface area contributed by atoms with Gasteiger partial charge in [-0.25, -0.2) is 4.89 Å². The van der Waals surface area contributed by atoms with Crippen LogP contribution in [0.25, 0.3) is 0 Å². The van der Waals surface area contributed by atoms with Gasteiger partial charge in [0.05, 0.1) is 7.11 Å². The third kappa shape index (κ3) is 21.6. The van der Waals surface area contributed by atoms with E-state index in [1.165, 1.54) is 44.2 Å². The average Bonchev–Trinajstić information content (AvgIpc) is 2.67. The summed E-state index contributed by atoms with van der Waals surface area (Å²) in [5.74, 6) is 2.66. The molecule has 29 heavy (non-hydrogen) atoms. The molecule has 9 heteroatoms. The first-order valence-electron chi connectivity index (χ1n) is 9.69. The number of nitrogens with one attached hydrogen (secondary N) is 1. The number of aliphatic hydroxyl groups excluding tert-OH is 2. The predicted molar refractivity (Wildman–Crippen MR) is 117 cm³/mol. The Kier molecular flexibility index (Phi) is 25.5. The van der Waals surface area contributed by atoms with Gasteiger partial charge in [0, 0.05) is 36.0 Å². The molecular weight excluding hydrogens is 425 g/mol. The van der Waals surface area contributed by atoms with Crippen molar-refractivity contribution in [1.29, 1.82) is 0 Å². The van der Waals surface area contributed by atoms with Crippen LogP contribution in [0.3, 0.4) is 0 Å². The molecule has 0 spiro atoms. The molecule has 0 bridgehead atoms. The van der Waals surface area contributed by atoms with Gasteiger partial charge in [0.1, 0.15) is 0 Å². The van der Waals surface area contributed by atoms with Crippen molar-refractivity contribution in [3.05, 3.63) is 34.9 Å². The molecule has 0 aliphatic carbocycles. The molecule has 1 aliphatic rings. The Balaban J connectivity index is -0.000000411. The van der Waals surface area contributed by atoms with E-state index in [0.717, 1.165) is 35.5 Å². The molecule has 0 saturated carbocycles. The van der Waals surface area contributed by atoms with Gasteiger partial charge in [-0.05, 0) is 68.3 Å². The molecule has 3 N–H and O–H groups in total. The van der Waals surface area contributed by atoms with Gasteiger partial charge < -0.3 is 17.0 Å². The molecule has 0 radical (unpaired) electrons. The quantitative estimate of drug-likeness (QED) is 0.167. The molecule has 1 aromatic carbocycles. The fraction of sp³-hybridized carbons (Fsp3) is 0.700. The van der Waals surface area contributed by atoms with Gasteiger partial charge in [0.15, 0.2) is 0 Å². The number of aryl methyl sites for hydroxylation is 1. The molecule has 1 aliphatic heterocycles. The fourth-order valence-corrected chi connectivity index (χ4v) is 3.12. The minimum absolute atomic E-state index is 0. The largest absolute Gasteiger partial charge is 1.00 e. The first kappa shape index (κ1) is 31.8. The summed E-state index contributed by atoms with van der Waals surface area (Å²) in [6.07, 6.45) is 3.92. The summed E-state index contributed by atoms with van der Waals surface area (Å²) in [6, 6.07) is 7.85. The van der Waals surface area contributed by atoms with Crippen molar-refractivity contribution in [2.24, 2.45) is 11.8 Å². The van der Waals surface area contributed by atoms with E-state index in [4.69, 9.17) is 21.8 Å². The Labute approximate surface area is 208 Å². The van der Waals surface area contributed by atoms with Crippen molar-refractivity contribution in [2.75, 3.05) is 39.2 Å². The van der Waals surface area contributed by atoms with Crippen molar-refractivity contribution in [3.8, 4) is 0 Å². The maximum absolute atomic E-state index is 7.91. The second kappa shape index (κ2) is 23.3. The maximum atomic E-state index is 7.91. The van der Waals surface area contributed by atoms with Gasteiger partial charge in [-0.15, -0.1) is 4.33 Å². The molecule has 1 fully saturated rings. The average molecular weight is 462 g/mol. The third-order valence-corrected chi connectivity index (χ3v) is 4.72. The van der Waals surface area contributed by atoms with Crippen LogP contribution >= 0.6 is 23.6 Å². The van der Waals surface area contributed by atoms with Crippen LogP contribution in [-0.4, -0.2) is 49.4 Å². The predicted octanol–water partition coefficient (Wildman–Crippen LogP) is 1.16. The number of halogens is 1. The molecule has 6 nitrogen and oxygen atoms in total. The Morgan fingerprint density at radius 1 is 1.10 bits per heavy atom. The number of benzene rings is 1. The van der Waals surface area contributed by atoms with Crippen LogP contribution in [-0.2, 0) is 20.7 Å². The first-order chi connectivity index (χ1) is 13.5. The number of aliphatic hydroxyl groups is 2. The summed E-state index contributed by atoms with van der Waals surface area (Å²) in [5.41, 5.74) is 1.27. The van der Waals surface area contributed by atoms with Crippen LogP contribution in [0.15, 0.2) is 24.3 Å². The van der Waals surface area contributed by atoms with Crippen LogP contribution in [0.1, 0.15) is 40.1 Å². The fourth-order valence-electron chi connectivity index (χ4n) is 2.57. The second-order valence-corrected chi connectivity index (χ2v) is 7.98. The summed E-state index contributed by atoms with van der Waals surface area (Å²) >= 11 is 7.00. The van der Waals surface area contributed by atoms with Gasteiger partial charge in [0.2, 0.25) is 0 Å². The Bertz CT molecular complexity index is 455. The van der Waals surface area contributed by atoms with E-state index in [2.05, 4.69) is 33.4 Å². The van der Waals surface area contributed by atoms with E-state index >= 15 is 0 Å². The molecule has 1 aromatic rings. The standard InChI is InChI=1S/C10H13ClO3S.C7H15N.C3H8O2.Na.H/c1-12-13-14-15-8-2-3-9-4-6-10(11)7-5-9;1-6-3-7(2)5-8-4-6;4-2-1-3-5;;/h4-7H,2-3,8H2,1H3;6-8H,3-5H2,1-2H3;4-5H,1-3H2;;/q;;;+1;-1. The van der Waals surface area contributed by atoms with Crippen LogP contribution in [0.5, 0.6) is 0 Å². The molecule has 2 unspecified atom stereocenters. The van der Waals surface area contributed by atoms with E-state index in [0.29, 0.717) is 6.42 Å². The summed E-state index contributed by atoms with van der Waals surface area (Å²) in [5, 5.41) is 24.2. The number of hydrogen-bond donors (Lipinski definition) is 3. The molecule has 166 valence electrons. The van der Waals surface area contributed by atoms with Crippen LogP contribution < -0.4 is 34.9 Å². The summed E-state index contributed by atoms with van der Waals surface area (Å²) < 4.78 is 4.61. The van der Waals surface area contributed by atoms with Gasteiger partial charge >= 0.3 is 29.6 Å². The summed E-state index contributed by atoms with van der Waals surface area (Å²) in [4.78, 5) is 4.26. The van der Waals surface area contributed by atoms with Gasteiger partial charge in [0.25, 0.3) is 0 Å². The van der Waals surface area contributed by atoms with Crippen molar-refractivity contribution in [2.45, 2.75) is 39.5 Å². The van der Waals surface area contributed by atoms with Crippen LogP contribution in [0.2, 0.25) is 5.02 Å². The Morgan fingerprint density at radius 2 is 1.69 bits per heavy atom. The minimum atomic E-state index is 0. The molecule has 0 aromatic heterocycles. The Morgan fingerprint density at radius 3 is 2.10 bits per heavy atom. The molecular formula is C20H37ClNNaO5S. The maximum Gasteiger partial charge on any atom is 1.00 e. The van der Waals surface area contributed by atoms with Gasteiger partial charge in [-0.1, -0.05) is 42.6 Å². The molecule has 0 amide bonds. The topological polar surface area (TPSA) is 80.2 Å². The van der Waals surface area contributed by atoms with E-state index < -0.39 is 0 Å². The van der Waals surface area contributed by atoms with Crippen molar-refractivity contribution >= 4 is 23.6 Å². The molecule has 2 rings (SSSR count). The van der Waals surface area contributed by atoms with E-state index in [1.54, 1.807) is 0 Å². The molecule has 1 saturated heterocycles. The van der Waals surface area contributed by atoms with Crippen LogP contribution in [0, 0.1) is 11.8 Å². The van der Waals surface area contributed by atoms with Gasteiger partial charge in [-0.2, -0.15) is 0 Å². The molecule has 2 atom stereocenters. The van der Waals surface area contributed by atoms with E-state index in [-0.39, 0.29) is 44.2 Å². The third-order valence-electron chi connectivity index (χ3n) is 3.86. The van der Waals surface area contributed by atoms with Crippen molar-refractivity contribution in [3.63, 3.8) is 0 Å². The summed E-state index contributed by atoms with van der Waals surface area (Å²) in [7, 11) is 1.40. The Hall–Kier alpha value is 0.620. The number of piperidine rings is 1. The monoisotopic (exact) mass is 461 g/mol. The second-order valence-electron chi connectivity index (χ2n) is 6.76. The van der Waals surface area contributed by atoms with E-state index in [1.807, 2.05) is 24.3 Å². The number of rotatable bonds is 9. The van der Waals surface area contributed by atoms with Gasteiger partial charge in [-0.3, -0.25) is 0 Å². The molecule has 1 heterocycles. The number of hydrogen-bond acceptors (Lipinski definition) is 7. The van der Waals surface area contributed by atoms with Crippen molar-refractivity contribution in [1.82, 2.24) is 5.32 Å². The zero-order valence-electron chi connectivity index (χ0n) is 19.2. The smallest absolute Gasteiger partial charge is 1.00 e. The first-order valence-corrected chi connectivity index (χ1v) is 11.0. The van der Waals surface area contributed by atoms with E-state index in [9.17, 15) is 0 Å². The SMILES string of the molecule is CC1CNCC(C)C1.COOOSCCCc1ccc(Cl)cc1.OCCCO.[H-].[Na+]. The normalized spacial score (nSPS) is 17.9. The summed E-state index contributed by atoms with van der Waals surface area (Å²) in [6.45, 7) is 7.26.